The third-order valence-electron chi connectivity index (χ3n) is 0.505. The van der Waals surface area contributed by atoms with Crippen molar-refractivity contribution in [1.29, 1.82) is 0 Å². The van der Waals surface area contributed by atoms with Crippen LogP contribution >= 0.6 is 6.72 Å². The molecule has 0 spiro atoms. The van der Waals surface area contributed by atoms with Crippen LogP contribution in [0.2, 0.25) is 0 Å². The highest BCUT2D eigenvalue weighted by atomic mass is 32.5. The van der Waals surface area contributed by atoms with Crippen LogP contribution in [0.1, 0.15) is 0 Å². The van der Waals surface area contributed by atoms with Gasteiger partial charge in [-0.3, -0.25) is 9.68 Å². The molecular formula is C4H14NO7PS. The van der Waals surface area contributed by atoms with E-state index in [1.807, 2.05) is 0 Å². The van der Waals surface area contributed by atoms with Gasteiger partial charge in [-0.1, -0.05) is 5.64 Å². The van der Waals surface area contributed by atoms with Crippen molar-refractivity contribution >= 4 is 18.5 Å². The Labute approximate surface area is 85.9 Å². The minimum absolute atomic E-state index is 0.0600. The molecule has 0 aliphatic rings. The number of aliphatic hydroxyl groups excluding tert-OH is 2. The summed E-state index contributed by atoms with van der Waals surface area (Å²) in [5, 5.41) is 16.3. The van der Waals surface area contributed by atoms with Gasteiger partial charge in [0.2, 0.25) is 0 Å². The molecule has 6 N–H and O–H groups in total. The van der Waals surface area contributed by atoms with Gasteiger partial charge in [0.15, 0.2) is 0 Å². The molecule has 0 unspecified atom stereocenters. The summed E-state index contributed by atoms with van der Waals surface area (Å²) in [7, 11) is 0. The smallest absolute Gasteiger partial charge is 0.319 e. The normalized spacial score (nSPS) is 10.6. The van der Waals surface area contributed by atoms with Gasteiger partial charge >= 0.3 is 6.72 Å². The highest BCUT2D eigenvalue weighted by molar-refractivity contribution is 8.06. The fourth-order valence-electron chi connectivity index (χ4n) is 0.216. The second kappa shape index (κ2) is 11.4. The van der Waals surface area contributed by atoms with E-state index in [-0.39, 0.29) is 26.4 Å². The quantitative estimate of drug-likeness (QED) is 0.174. The summed E-state index contributed by atoms with van der Waals surface area (Å²) < 4.78 is 0. The lowest BCUT2D eigenvalue weighted by Gasteiger charge is -2.01. The third kappa shape index (κ3) is 39.5. The lowest BCUT2D eigenvalue weighted by atomic mass is 10.8. The second-order valence-electron chi connectivity index (χ2n) is 1.74. The summed E-state index contributed by atoms with van der Waals surface area (Å²) in [6, 6.07) is 0. The van der Waals surface area contributed by atoms with Gasteiger partial charge in [-0.25, -0.2) is 0 Å². The molecule has 0 saturated heterocycles. The van der Waals surface area contributed by atoms with Crippen LogP contribution in [0.25, 0.3) is 0 Å². The van der Waals surface area contributed by atoms with Crippen LogP contribution in [0.15, 0.2) is 0 Å². The summed E-state index contributed by atoms with van der Waals surface area (Å²) in [6.45, 7) is -3.58. The summed E-state index contributed by atoms with van der Waals surface area (Å²) in [6.07, 6.45) is 0. The Hall–Kier alpha value is 0.330. The average Bonchev–Trinajstić information content (AvgIpc) is 2.01. The van der Waals surface area contributed by atoms with Crippen LogP contribution in [0, 0.1) is 0 Å². The molecule has 0 radical (unpaired) electrons. The molecule has 14 heavy (non-hydrogen) atoms. The molecule has 10 heteroatoms. The molecule has 0 aromatic heterocycles. The van der Waals surface area contributed by atoms with E-state index in [1.54, 1.807) is 0 Å². The number of nitrogens with one attached hydrogen (secondary N) is 1. The van der Waals surface area contributed by atoms with Crippen LogP contribution in [0.3, 0.4) is 0 Å². The van der Waals surface area contributed by atoms with Crippen molar-refractivity contribution in [1.82, 2.24) is 5.64 Å². The highest BCUT2D eigenvalue weighted by Crippen LogP contribution is 2.26. The molecule has 0 aromatic carbocycles. The van der Waals surface area contributed by atoms with E-state index in [4.69, 9.17) is 24.9 Å². The standard InChI is InChI=1S/C4H11NO4.H3O3PS/c6-1-3-8-5-9-4-2-7;1-4(2,3)5/h5-7H,1-4H2;(H3,1,2,3,5). The van der Waals surface area contributed by atoms with Gasteiger partial charge < -0.3 is 24.9 Å². The van der Waals surface area contributed by atoms with Crippen molar-refractivity contribution in [2.75, 3.05) is 26.4 Å². The number of hydrogen-bond acceptors (Lipinski definition) is 6. The van der Waals surface area contributed by atoms with E-state index in [0.717, 1.165) is 0 Å². The van der Waals surface area contributed by atoms with Crippen molar-refractivity contribution in [3.05, 3.63) is 0 Å². The molecule has 0 aliphatic carbocycles. The third-order valence-corrected chi connectivity index (χ3v) is 0.505. The molecule has 0 aliphatic heterocycles. The Bertz CT molecular complexity index is 138. The first-order valence-electron chi connectivity index (χ1n) is 3.40. The molecule has 0 rings (SSSR count). The monoisotopic (exact) mass is 251 g/mol. The SMILES string of the molecule is OCCONOCCO.OP(O)(O)=S. The zero-order valence-electron chi connectivity index (χ0n) is 7.24. The van der Waals surface area contributed by atoms with Crippen molar-refractivity contribution in [3.8, 4) is 0 Å². The van der Waals surface area contributed by atoms with Gasteiger partial charge in [0.1, 0.15) is 0 Å². The van der Waals surface area contributed by atoms with Gasteiger partial charge in [-0.05, 0) is 11.8 Å². The minimum atomic E-state index is -3.81. The van der Waals surface area contributed by atoms with Crippen molar-refractivity contribution in [3.63, 3.8) is 0 Å². The van der Waals surface area contributed by atoms with Crippen LogP contribution < -0.4 is 5.64 Å². The molecule has 0 heterocycles. The highest BCUT2D eigenvalue weighted by Gasteiger charge is 1.92. The fourth-order valence-corrected chi connectivity index (χ4v) is 0.216. The van der Waals surface area contributed by atoms with E-state index >= 15 is 0 Å². The maximum absolute atomic E-state index is 8.15. The summed E-state index contributed by atoms with van der Waals surface area (Å²) >= 11 is 3.60. The fraction of sp³-hybridized carbons (Fsp3) is 1.00. The van der Waals surface area contributed by atoms with E-state index in [9.17, 15) is 0 Å². The lowest BCUT2D eigenvalue weighted by molar-refractivity contribution is -0.178. The molecule has 0 fully saturated rings. The average molecular weight is 251 g/mol. The van der Waals surface area contributed by atoms with E-state index in [0.29, 0.717) is 0 Å². The Morgan fingerprint density at radius 1 is 1.00 bits per heavy atom. The maximum Gasteiger partial charge on any atom is 0.319 e. The molecule has 8 nitrogen and oxygen atoms in total. The van der Waals surface area contributed by atoms with Crippen LogP contribution in [-0.2, 0) is 21.5 Å². The van der Waals surface area contributed by atoms with Crippen molar-refractivity contribution in [2.24, 2.45) is 0 Å². The molecule has 0 saturated carbocycles. The molecule has 88 valence electrons. The topological polar surface area (TPSA) is 132 Å². The van der Waals surface area contributed by atoms with E-state index < -0.39 is 6.72 Å². The molecule has 0 amide bonds. The van der Waals surface area contributed by atoms with Crippen LogP contribution in [0.5, 0.6) is 0 Å². The Kier molecular flexibility index (Phi) is 13.6. The van der Waals surface area contributed by atoms with E-state index in [1.165, 1.54) is 0 Å². The number of rotatable bonds is 6. The van der Waals surface area contributed by atoms with Crippen LogP contribution in [0.4, 0.5) is 0 Å². The predicted molar refractivity (Wildman–Crippen MR) is 50.2 cm³/mol. The largest absolute Gasteiger partial charge is 0.394 e. The first-order chi connectivity index (χ1) is 6.41. The predicted octanol–water partition coefficient (Wildman–Crippen LogP) is -2.39. The van der Waals surface area contributed by atoms with Crippen LogP contribution in [-0.4, -0.2) is 51.3 Å². The van der Waals surface area contributed by atoms with E-state index in [2.05, 4.69) is 27.1 Å². The molecule has 0 atom stereocenters. The minimum Gasteiger partial charge on any atom is -0.394 e. The summed E-state index contributed by atoms with van der Waals surface area (Å²) in [5.41, 5.74) is 2.07. The van der Waals surface area contributed by atoms with Crippen molar-refractivity contribution in [2.45, 2.75) is 0 Å². The van der Waals surface area contributed by atoms with Gasteiger partial charge in [0, 0.05) is 0 Å². The Morgan fingerprint density at radius 2 is 1.29 bits per heavy atom. The van der Waals surface area contributed by atoms with Crippen molar-refractivity contribution < 1.29 is 34.6 Å². The summed E-state index contributed by atoms with van der Waals surface area (Å²) in [4.78, 5) is 31.6. The molecule has 0 aromatic rings. The van der Waals surface area contributed by atoms with Gasteiger partial charge in [0.05, 0.1) is 26.4 Å². The molecule has 0 bridgehead atoms. The summed E-state index contributed by atoms with van der Waals surface area (Å²) in [5.74, 6) is 0. The van der Waals surface area contributed by atoms with Gasteiger partial charge in [-0.15, -0.1) is 0 Å². The lowest BCUT2D eigenvalue weighted by Crippen LogP contribution is -2.19. The zero-order valence-corrected chi connectivity index (χ0v) is 8.95. The van der Waals surface area contributed by atoms with Gasteiger partial charge in [0.25, 0.3) is 0 Å². The zero-order chi connectivity index (χ0) is 11.4. The first-order valence-corrected chi connectivity index (χ1v) is 6.06. The second-order valence-corrected chi connectivity index (χ2v) is 4.24. The molecular weight excluding hydrogens is 237 g/mol. The maximum atomic E-state index is 8.15. The Balaban J connectivity index is 0. The number of hydrogen-bond donors (Lipinski definition) is 6. The number of aliphatic hydroxyl groups is 2. The van der Waals surface area contributed by atoms with Gasteiger partial charge in [-0.2, -0.15) is 0 Å². The Morgan fingerprint density at radius 3 is 1.50 bits per heavy atom. The first kappa shape index (κ1) is 16.7.